The molecule has 1 aromatic rings. The summed E-state index contributed by atoms with van der Waals surface area (Å²) in [6, 6.07) is 1.55. The molecule has 0 bridgehead atoms. The van der Waals surface area contributed by atoms with Crippen molar-refractivity contribution in [3.63, 3.8) is 0 Å². The van der Waals surface area contributed by atoms with Crippen molar-refractivity contribution in [1.29, 1.82) is 0 Å². The fraction of sp³-hybridized carbons (Fsp3) is 0.400. The Morgan fingerprint density at radius 2 is 2.40 bits per heavy atom. The molecule has 0 unspecified atom stereocenters. The van der Waals surface area contributed by atoms with Gasteiger partial charge in [-0.15, -0.1) is 0 Å². The van der Waals surface area contributed by atoms with Gasteiger partial charge in [-0.1, -0.05) is 11.6 Å². The van der Waals surface area contributed by atoms with Gasteiger partial charge in [0.05, 0.1) is 18.8 Å². The first-order chi connectivity index (χ1) is 7.16. The molecule has 0 atom stereocenters. The number of hydrogen-bond acceptors (Lipinski definition) is 4. The van der Waals surface area contributed by atoms with Gasteiger partial charge in [-0.2, -0.15) is 0 Å². The number of ketones is 1. The van der Waals surface area contributed by atoms with Gasteiger partial charge in [0, 0.05) is 12.3 Å². The number of Topliss-reactive ketones (excluding diaryl/α,β-unsaturated/α-hetero) is 1. The van der Waals surface area contributed by atoms with Crippen LogP contribution < -0.4 is 4.74 Å². The number of carbonyl (C=O) groups is 1. The first-order valence-corrected chi connectivity index (χ1v) is 4.95. The predicted octanol–water partition coefficient (Wildman–Crippen LogP) is 1.72. The highest BCUT2D eigenvalue weighted by molar-refractivity contribution is 6.29. The molecule has 1 aromatic heterocycles. The molecular formula is C10H10ClNO3. The number of rotatable bonds is 3. The lowest BCUT2D eigenvalue weighted by Crippen LogP contribution is -2.38. The fourth-order valence-corrected chi connectivity index (χ4v) is 1.38. The van der Waals surface area contributed by atoms with Gasteiger partial charge in [0.15, 0.2) is 5.78 Å². The Kier molecular flexibility index (Phi) is 2.88. The Labute approximate surface area is 92.2 Å². The minimum absolute atomic E-state index is 0.0153. The van der Waals surface area contributed by atoms with Gasteiger partial charge >= 0.3 is 0 Å². The summed E-state index contributed by atoms with van der Waals surface area (Å²) in [6.45, 7) is 2.57. The van der Waals surface area contributed by atoms with Gasteiger partial charge in [-0.3, -0.25) is 4.79 Å². The molecule has 5 heteroatoms. The highest BCUT2D eigenvalue weighted by Gasteiger charge is 2.22. The van der Waals surface area contributed by atoms with E-state index in [1.807, 2.05) is 0 Å². The largest absolute Gasteiger partial charge is 0.485 e. The summed E-state index contributed by atoms with van der Waals surface area (Å²) in [7, 11) is 0. The molecule has 1 aliphatic rings. The monoisotopic (exact) mass is 227 g/mol. The van der Waals surface area contributed by atoms with Gasteiger partial charge < -0.3 is 9.47 Å². The zero-order chi connectivity index (χ0) is 10.8. The van der Waals surface area contributed by atoms with E-state index in [-0.39, 0.29) is 11.9 Å². The molecule has 0 aromatic carbocycles. The Hall–Kier alpha value is -1.13. The average Bonchev–Trinajstić information content (AvgIpc) is 2.11. The number of pyridine rings is 1. The predicted molar refractivity (Wildman–Crippen MR) is 54.5 cm³/mol. The first-order valence-electron chi connectivity index (χ1n) is 4.57. The summed E-state index contributed by atoms with van der Waals surface area (Å²) < 4.78 is 10.5. The van der Waals surface area contributed by atoms with Crippen molar-refractivity contribution in [1.82, 2.24) is 4.98 Å². The molecule has 1 fully saturated rings. The Morgan fingerprint density at radius 1 is 1.67 bits per heavy atom. The van der Waals surface area contributed by atoms with Crippen LogP contribution in [0.3, 0.4) is 0 Å². The number of halogens is 1. The number of hydrogen-bond donors (Lipinski definition) is 0. The van der Waals surface area contributed by atoms with Crippen LogP contribution in [0, 0.1) is 0 Å². The normalized spacial score (nSPS) is 15.9. The quantitative estimate of drug-likeness (QED) is 0.583. The highest BCUT2D eigenvalue weighted by atomic mass is 35.5. The highest BCUT2D eigenvalue weighted by Crippen LogP contribution is 2.24. The van der Waals surface area contributed by atoms with Crippen LogP contribution in [0.4, 0.5) is 0 Å². The van der Waals surface area contributed by atoms with Gasteiger partial charge in [-0.05, 0) is 6.92 Å². The third kappa shape index (κ3) is 2.27. The number of ether oxygens (including phenoxy) is 2. The Morgan fingerprint density at radius 3 is 2.93 bits per heavy atom. The van der Waals surface area contributed by atoms with E-state index in [0.29, 0.717) is 29.7 Å². The van der Waals surface area contributed by atoms with E-state index in [1.54, 1.807) is 6.07 Å². The molecule has 0 aliphatic carbocycles. The van der Waals surface area contributed by atoms with Gasteiger partial charge in [0.1, 0.15) is 17.0 Å². The molecule has 4 nitrogen and oxygen atoms in total. The molecule has 15 heavy (non-hydrogen) atoms. The maximum absolute atomic E-state index is 11.3. The van der Waals surface area contributed by atoms with Crippen molar-refractivity contribution in [2.45, 2.75) is 13.0 Å². The van der Waals surface area contributed by atoms with E-state index in [2.05, 4.69) is 4.98 Å². The summed E-state index contributed by atoms with van der Waals surface area (Å²) >= 11 is 5.73. The minimum Gasteiger partial charge on any atom is -0.485 e. The van der Waals surface area contributed by atoms with Crippen molar-refractivity contribution >= 4 is 17.4 Å². The maximum Gasteiger partial charge on any atom is 0.165 e. The SMILES string of the molecule is CC(=O)c1cnc(Cl)cc1OC1COC1. The summed E-state index contributed by atoms with van der Waals surface area (Å²) in [6.07, 6.45) is 1.45. The van der Waals surface area contributed by atoms with Crippen LogP contribution in [0.15, 0.2) is 12.3 Å². The Balaban J connectivity index is 2.24. The first kappa shape index (κ1) is 10.4. The molecule has 1 aliphatic heterocycles. The zero-order valence-electron chi connectivity index (χ0n) is 8.20. The molecule has 2 rings (SSSR count). The van der Waals surface area contributed by atoms with Crippen LogP contribution in [0.1, 0.15) is 17.3 Å². The maximum atomic E-state index is 11.3. The van der Waals surface area contributed by atoms with E-state index >= 15 is 0 Å². The molecule has 0 radical (unpaired) electrons. The van der Waals surface area contributed by atoms with Gasteiger partial charge in [0.2, 0.25) is 0 Å². The topological polar surface area (TPSA) is 48.4 Å². The second-order valence-corrected chi connectivity index (χ2v) is 3.72. The summed E-state index contributed by atoms with van der Waals surface area (Å²) in [5.74, 6) is 0.394. The summed E-state index contributed by atoms with van der Waals surface area (Å²) in [5.41, 5.74) is 0.450. The van der Waals surface area contributed by atoms with Crippen LogP contribution in [0.5, 0.6) is 5.75 Å². The third-order valence-corrected chi connectivity index (χ3v) is 2.32. The fourth-order valence-electron chi connectivity index (χ4n) is 1.24. The second-order valence-electron chi connectivity index (χ2n) is 3.34. The third-order valence-electron chi connectivity index (χ3n) is 2.11. The van der Waals surface area contributed by atoms with Crippen LogP contribution in [0.25, 0.3) is 0 Å². The molecule has 2 heterocycles. The average molecular weight is 228 g/mol. The van der Waals surface area contributed by atoms with Crippen LogP contribution in [-0.2, 0) is 4.74 Å². The molecular weight excluding hydrogens is 218 g/mol. The van der Waals surface area contributed by atoms with Crippen molar-refractivity contribution in [3.8, 4) is 5.75 Å². The van der Waals surface area contributed by atoms with E-state index in [1.165, 1.54) is 13.1 Å². The van der Waals surface area contributed by atoms with Crippen molar-refractivity contribution in [3.05, 3.63) is 23.0 Å². The van der Waals surface area contributed by atoms with Gasteiger partial charge in [-0.25, -0.2) is 4.98 Å². The number of carbonyl (C=O) groups excluding carboxylic acids is 1. The zero-order valence-corrected chi connectivity index (χ0v) is 8.95. The lowest BCUT2D eigenvalue weighted by atomic mass is 10.2. The molecule has 0 spiro atoms. The number of aromatic nitrogens is 1. The molecule has 0 N–H and O–H groups in total. The van der Waals surface area contributed by atoms with Crippen LogP contribution in [0.2, 0.25) is 5.15 Å². The lowest BCUT2D eigenvalue weighted by Gasteiger charge is -2.27. The van der Waals surface area contributed by atoms with E-state index in [0.717, 1.165) is 0 Å². The second kappa shape index (κ2) is 4.16. The van der Waals surface area contributed by atoms with Crippen molar-refractivity contribution < 1.29 is 14.3 Å². The minimum atomic E-state index is -0.0885. The smallest absolute Gasteiger partial charge is 0.165 e. The van der Waals surface area contributed by atoms with Gasteiger partial charge in [0.25, 0.3) is 0 Å². The van der Waals surface area contributed by atoms with E-state index in [9.17, 15) is 4.79 Å². The van der Waals surface area contributed by atoms with E-state index in [4.69, 9.17) is 21.1 Å². The van der Waals surface area contributed by atoms with E-state index < -0.39 is 0 Å². The number of nitrogens with zero attached hydrogens (tertiary/aromatic N) is 1. The van der Waals surface area contributed by atoms with Crippen molar-refractivity contribution in [2.75, 3.05) is 13.2 Å². The molecule has 0 saturated carbocycles. The van der Waals surface area contributed by atoms with Crippen molar-refractivity contribution in [2.24, 2.45) is 0 Å². The summed E-state index contributed by atoms with van der Waals surface area (Å²) in [5, 5.41) is 0.315. The Bertz CT molecular complexity index is 390. The van der Waals surface area contributed by atoms with Crippen LogP contribution >= 0.6 is 11.6 Å². The molecule has 0 amide bonds. The molecule has 80 valence electrons. The standard InChI is InChI=1S/C10H10ClNO3/c1-6(13)8-3-12-10(11)2-9(8)15-7-4-14-5-7/h2-3,7H,4-5H2,1H3. The van der Waals surface area contributed by atoms with Crippen LogP contribution in [-0.4, -0.2) is 30.1 Å². The molecule has 1 saturated heterocycles. The summed E-state index contributed by atoms with van der Waals surface area (Å²) in [4.78, 5) is 15.1. The lowest BCUT2D eigenvalue weighted by molar-refractivity contribution is -0.0798.